The van der Waals surface area contributed by atoms with E-state index < -0.39 is 0 Å². The van der Waals surface area contributed by atoms with Crippen molar-refractivity contribution in [2.75, 3.05) is 5.32 Å². The highest BCUT2D eigenvalue weighted by atomic mass is 16.1. The first kappa shape index (κ1) is 11.4. The van der Waals surface area contributed by atoms with Gasteiger partial charge in [0.15, 0.2) is 0 Å². The van der Waals surface area contributed by atoms with Crippen molar-refractivity contribution in [3.05, 3.63) is 35.5 Å². The average molecular weight is 205 g/mol. The second-order valence-corrected chi connectivity index (χ2v) is 3.47. The van der Waals surface area contributed by atoms with Crippen LogP contribution in [0.3, 0.4) is 0 Å². The van der Waals surface area contributed by atoms with Gasteiger partial charge in [0.2, 0.25) is 5.91 Å². The zero-order chi connectivity index (χ0) is 11.3. The van der Waals surface area contributed by atoms with Gasteiger partial charge in [0, 0.05) is 18.8 Å². The van der Waals surface area contributed by atoms with E-state index in [4.69, 9.17) is 5.73 Å². The summed E-state index contributed by atoms with van der Waals surface area (Å²) in [5.74, 6) is 0.373. The van der Waals surface area contributed by atoms with Gasteiger partial charge in [-0.05, 0) is 25.5 Å². The van der Waals surface area contributed by atoms with Crippen LogP contribution >= 0.6 is 0 Å². The Balaban J connectivity index is 2.65. The molecule has 4 nitrogen and oxygen atoms in total. The number of aromatic nitrogens is 1. The van der Waals surface area contributed by atoms with Crippen LogP contribution in [0.15, 0.2) is 30.0 Å². The number of hydrogen-bond acceptors (Lipinski definition) is 3. The molecule has 0 atom stereocenters. The second-order valence-electron chi connectivity index (χ2n) is 3.47. The third kappa shape index (κ3) is 3.91. The quantitative estimate of drug-likeness (QED) is 0.734. The van der Waals surface area contributed by atoms with Crippen molar-refractivity contribution < 1.29 is 4.79 Å². The molecule has 0 unspecified atom stereocenters. The van der Waals surface area contributed by atoms with E-state index in [9.17, 15) is 4.79 Å². The number of amides is 1. The Kier molecular flexibility index (Phi) is 4.00. The summed E-state index contributed by atoms with van der Waals surface area (Å²) < 4.78 is 0. The number of pyridine rings is 1. The minimum Gasteiger partial charge on any atom is -0.326 e. The van der Waals surface area contributed by atoms with E-state index in [0.717, 1.165) is 11.1 Å². The zero-order valence-electron chi connectivity index (χ0n) is 8.95. The summed E-state index contributed by atoms with van der Waals surface area (Å²) in [6, 6.07) is 3.57. The number of allylic oxidation sites excluding steroid dienone is 1. The number of rotatable bonds is 3. The van der Waals surface area contributed by atoms with Gasteiger partial charge >= 0.3 is 0 Å². The van der Waals surface area contributed by atoms with Gasteiger partial charge in [-0.2, -0.15) is 0 Å². The largest absolute Gasteiger partial charge is 0.326 e. The molecule has 0 spiro atoms. The predicted octanol–water partition coefficient (Wildman–Crippen LogP) is 1.44. The lowest BCUT2D eigenvalue weighted by Gasteiger charge is -2.02. The molecular weight excluding hydrogens is 190 g/mol. The molecule has 0 aliphatic heterocycles. The van der Waals surface area contributed by atoms with Gasteiger partial charge < -0.3 is 11.1 Å². The van der Waals surface area contributed by atoms with Gasteiger partial charge in [0.1, 0.15) is 5.82 Å². The van der Waals surface area contributed by atoms with E-state index >= 15 is 0 Å². The summed E-state index contributed by atoms with van der Waals surface area (Å²) in [5, 5.41) is 2.66. The van der Waals surface area contributed by atoms with Crippen LogP contribution < -0.4 is 11.1 Å². The number of nitrogens with zero attached hydrogens (tertiary/aromatic N) is 1. The normalized spacial score (nSPS) is 9.53. The summed E-state index contributed by atoms with van der Waals surface area (Å²) in [6.07, 6.45) is 3.18. The maximum Gasteiger partial charge on any atom is 0.249 e. The van der Waals surface area contributed by atoms with Crippen LogP contribution in [0.2, 0.25) is 0 Å². The highest BCUT2D eigenvalue weighted by molar-refractivity contribution is 5.98. The minimum atomic E-state index is -0.164. The molecule has 1 amide bonds. The molecule has 0 fully saturated rings. The maximum atomic E-state index is 11.3. The molecule has 80 valence electrons. The number of nitrogens with two attached hydrogens (primary N) is 1. The Hall–Kier alpha value is -1.68. The molecule has 0 aliphatic rings. The number of carbonyl (C=O) groups excluding carboxylic acids is 1. The van der Waals surface area contributed by atoms with Crippen LogP contribution in [0, 0.1) is 0 Å². The molecule has 1 aromatic rings. The van der Waals surface area contributed by atoms with Crippen LogP contribution in [0.1, 0.15) is 19.4 Å². The highest BCUT2D eigenvalue weighted by Gasteiger charge is 1.99. The standard InChI is InChI=1S/C11H15N3O/c1-8(2)5-11(15)14-10-4-3-9(6-12)7-13-10/h3-5,7H,6,12H2,1-2H3,(H,13,14,15). The van der Waals surface area contributed by atoms with E-state index in [1.807, 2.05) is 19.9 Å². The Morgan fingerprint density at radius 1 is 1.53 bits per heavy atom. The summed E-state index contributed by atoms with van der Waals surface area (Å²) in [5.41, 5.74) is 7.32. The molecule has 15 heavy (non-hydrogen) atoms. The molecule has 1 rings (SSSR count). The Morgan fingerprint density at radius 2 is 2.27 bits per heavy atom. The summed E-state index contributed by atoms with van der Waals surface area (Å²) in [7, 11) is 0. The first-order valence-electron chi connectivity index (χ1n) is 4.72. The summed E-state index contributed by atoms with van der Waals surface area (Å²) in [6.45, 7) is 4.18. The lowest BCUT2D eigenvalue weighted by molar-refractivity contribution is -0.112. The predicted molar refractivity (Wildman–Crippen MR) is 60.2 cm³/mol. The summed E-state index contributed by atoms with van der Waals surface area (Å²) in [4.78, 5) is 15.4. The van der Waals surface area contributed by atoms with Crippen LogP contribution in [0.25, 0.3) is 0 Å². The lowest BCUT2D eigenvalue weighted by atomic mass is 10.3. The fourth-order valence-electron chi connectivity index (χ4n) is 1.04. The Morgan fingerprint density at radius 3 is 2.73 bits per heavy atom. The number of anilines is 1. The highest BCUT2D eigenvalue weighted by Crippen LogP contribution is 2.04. The number of carbonyl (C=O) groups is 1. The van der Waals surface area contributed by atoms with Gasteiger partial charge in [0.25, 0.3) is 0 Å². The lowest BCUT2D eigenvalue weighted by Crippen LogP contribution is -2.10. The smallest absolute Gasteiger partial charge is 0.249 e. The van der Waals surface area contributed by atoms with E-state index in [1.165, 1.54) is 6.08 Å². The van der Waals surface area contributed by atoms with Gasteiger partial charge in [-0.1, -0.05) is 11.6 Å². The van der Waals surface area contributed by atoms with Crippen molar-refractivity contribution >= 4 is 11.7 Å². The van der Waals surface area contributed by atoms with Crippen molar-refractivity contribution in [1.82, 2.24) is 4.98 Å². The van der Waals surface area contributed by atoms with Gasteiger partial charge in [-0.15, -0.1) is 0 Å². The van der Waals surface area contributed by atoms with Crippen molar-refractivity contribution in [2.45, 2.75) is 20.4 Å². The third-order valence-corrected chi connectivity index (χ3v) is 1.73. The molecule has 0 saturated heterocycles. The second kappa shape index (κ2) is 5.26. The van der Waals surface area contributed by atoms with E-state index in [2.05, 4.69) is 10.3 Å². The molecule has 0 aliphatic carbocycles. The molecule has 1 heterocycles. The van der Waals surface area contributed by atoms with Crippen molar-refractivity contribution in [1.29, 1.82) is 0 Å². The van der Waals surface area contributed by atoms with E-state index in [0.29, 0.717) is 12.4 Å². The first-order chi connectivity index (χ1) is 7.11. The maximum absolute atomic E-state index is 11.3. The van der Waals surface area contributed by atoms with Crippen molar-refractivity contribution in [3.8, 4) is 0 Å². The summed E-state index contributed by atoms with van der Waals surface area (Å²) >= 11 is 0. The van der Waals surface area contributed by atoms with Gasteiger partial charge in [0.05, 0.1) is 0 Å². The molecule has 0 aromatic carbocycles. The molecule has 0 radical (unpaired) electrons. The molecule has 1 aromatic heterocycles. The molecule has 3 N–H and O–H groups in total. The average Bonchev–Trinajstić information content (AvgIpc) is 2.17. The Labute approximate surface area is 89.2 Å². The number of nitrogens with one attached hydrogen (secondary N) is 1. The zero-order valence-corrected chi connectivity index (χ0v) is 8.95. The van der Waals surface area contributed by atoms with Gasteiger partial charge in [-0.3, -0.25) is 4.79 Å². The molecular formula is C11H15N3O. The molecule has 4 heteroatoms. The minimum absolute atomic E-state index is 0.164. The molecule has 0 saturated carbocycles. The molecule has 0 bridgehead atoms. The first-order valence-corrected chi connectivity index (χ1v) is 4.72. The Bertz CT molecular complexity index is 364. The number of hydrogen-bond donors (Lipinski definition) is 2. The SMILES string of the molecule is CC(C)=CC(=O)Nc1ccc(CN)cn1. The van der Waals surface area contributed by atoms with Crippen LogP contribution in [0.4, 0.5) is 5.82 Å². The van der Waals surface area contributed by atoms with Crippen molar-refractivity contribution in [3.63, 3.8) is 0 Å². The monoisotopic (exact) mass is 205 g/mol. The van der Waals surface area contributed by atoms with Crippen molar-refractivity contribution in [2.24, 2.45) is 5.73 Å². The fraction of sp³-hybridized carbons (Fsp3) is 0.273. The van der Waals surface area contributed by atoms with Gasteiger partial charge in [-0.25, -0.2) is 4.98 Å². The third-order valence-electron chi connectivity index (χ3n) is 1.73. The van der Waals surface area contributed by atoms with Crippen LogP contribution in [0.5, 0.6) is 0 Å². The van der Waals surface area contributed by atoms with Crippen LogP contribution in [-0.4, -0.2) is 10.9 Å². The topological polar surface area (TPSA) is 68.0 Å². The van der Waals surface area contributed by atoms with E-state index in [-0.39, 0.29) is 5.91 Å². The van der Waals surface area contributed by atoms with E-state index in [1.54, 1.807) is 12.3 Å². The van der Waals surface area contributed by atoms with Crippen LogP contribution in [-0.2, 0) is 11.3 Å². The fourth-order valence-corrected chi connectivity index (χ4v) is 1.04.